The summed E-state index contributed by atoms with van der Waals surface area (Å²) in [6.45, 7) is 2.94. The molecule has 2 unspecified atom stereocenters. The molecule has 1 aromatic carbocycles. The van der Waals surface area contributed by atoms with Crippen LogP contribution in [0.2, 0.25) is 0 Å². The molecule has 0 aliphatic carbocycles. The predicted octanol–water partition coefficient (Wildman–Crippen LogP) is 7.39. The number of amides is 2. The van der Waals surface area contributed by atoms with Crippen molar-refractivity contribution in [2.24, 2.45) is 0 Å². The number of fused-ring (bicyclic) bond motifs is 1. The van der Waals surface area contributed by atoms with E-state index in [2.05, 4.69) is 4.98 Å². The number of pyridine rings is 1. The smallest absolute Gasteiger partial charge is 0.434 e. The molecular formula is C25H25F9N4O2. The van der Waals surface area contributed by atoms with Crippen LogP contribution in [-0.2, 0) is 6.18 Å². The van der Waals surface area contributed by atoms with Gasteiger partial charge in [-0.05, 0) is 43.5 Å². The normalized spacial score (nSPS) is 14.2. The summed E-state index contributed by atoms with van der Waals surface area (Å²) < 4.78 is 124. The average Bonchev–Trinajstić information content (AvgIpc) is 3.30. The number of hydrogen-bond acceptors (Lipinski definition) is 3. The van der Waals surface area contributed by atoms with Gasteiger partial charge in [0.1, 0.15) is 6.04 Å². The van der Waals surface area contributed by atoms with Crippen LogP contribution in [0.4, 0.5) is 44.3 Å². The summed E-state index contributed by atoms with van der Waals surface area (Å²) in [5.74, 6) is 0.0538. The molecule has 0 spiro atoms. The van der Waals surface area contributed by atoms with Crippen LogP contribution < -0.4 is 10.1 Å². The number of hydrogen-bond donors (Lipinski definition) is 1. The van der Waals surface area contributed by atoms with E-state index in [-0.39, 0.29) is 17.9 Å². The topological polar surface area (TPSA) is 58.9 Å². The van der Waals surface area contributed by atoms with E-state index in [0.29, 0.717) is 16.7 Å². The lowest BCUT2D eigenvalue weighted by molar-refractivity contribution is -0.171. The molecule has 2 atom stereocenters. The quantitative estimate of drug-likeness (QED) is 0.281. The zero-order valence-electron chi connectivity index (χ0n) is 21.4. The number of rotatable bonds is 8. The maximum absolute atomic E-state index is 13.3. The molecule has 0 saturated heterocycles. The van der Waals surface area contributed by atoms with Gasteiger partial charge in [0.25, 0.3) is 0 Å². The Bertz CT molecular complexity index is 1330. The lowest BCUT2D eigenvalue weighted by Crippen LogP contribution is -2.51. The van der Waals surface area contributed by atoms with Gasteiger partial charge in [-0.2, -0.15) is 39.5 Å². The zero-order valence-corrected chi connectivity index (χ0v) is 21.4. The summed E-state index contributed by atoms with van der Waals surface area (Å²) in [7, 11) is 1.26. The molecule has 3 rings (SSSR count). The van der Waals surface area contributed by atoms with E-state index in [0.717, 1.165) is 15.5 Å². The van der Waals surface area contributed by atoms with Crippen molar-refractivity contribution in [3.63, 3.8) is 0 Å². The third-order valence-corrected chi connectivity index (χ3v) is 6.21. The Labute approximate surface area is 222 Å². The second-order valence-electron chi connectivity index (χ2n) is 8.94. The number of benzene rings is 1. The number of aromatic nitrogens is 2. The highest BCUT2D eigenvalue weighted by Gasteiger charge is 2.43. The number of ether oxygens (including phenoxy) is 1. The third kappa shape index (κ3) is 7.30. The molecule has 6 nitrogen and oxygen atoms in total. The van der Waals surface area contributed by atoms with Gasteiger partial charge < -0.3 is 19.4 Å². The Kier molecular flexibility index (Phi) is 8.84. The number of nitrogens with one attached hydrogen (secondary N) is 1. The minimum Gasteiger partial charge on any atom is -0.493 e. The average molecular weight is 584 g/mol. The number of carbonyl (C=O) groups excluding carboxylic acids is 1. The Morgan fingerprint density at radius 3 is 2.27 bits per heavy atom. The largest absolute Gasteiger partial charge is 0.493 e. The van der Waals surface area contributed by atoms with Crippen LogP contribution in [-0.4, -0.2) is 52.4 Å². The van der Waals surface area contributed by atoms with Gasteiger partial charge in [0, 0.05) is 30.9 Å². The first-order chi connectivity index (χ1) is 18.4. The Morgan fingerprint density at radius 1 is 1.05 bits per heavy atom. The number of nitrogens with zero attached hydrogens (tertiary/aromatic N) is 3. The molecule has 0 aliphatic rings. The van der Waals surface area contributed by atoms with Crippen LogP contribution in [0.3, 0.4) is 0 Å². The highest BCUT2D eigenvalue weighted by molar-refractivity contribution is 5.75. The molecule has 15 heteroatoms. The van der Waals surface area contributed by atoms with Gasteiger partial charge in [-0.15, -0.1) is 0 Å². The maximum atomic E-state index is 13.3. The Balaban J connectivity index is 1.89. The van der Waals surface area contributed by atoms with Gasteiger partial charge in [-0.25, -0.2) is 9.78 Å². The number of alkyl halides is 9. The summed E-state index contributed by atoms with van der Waals surface area (Å²) in [5.41, 5.74) is 0.168. The first-order valence-electron chi connectivity index (χ1n) is 11.9. The van der Waals surface area contributed by atoms with E-state index in [1.165, 1.54) is 33.2 Å². The van der Waals surface area contributed by atoms with Crippen LogP contribution >= 0.6 is 0 Å². The van der Waals surface area contributed by atoms with Gasteiger partial charge in [-0.3, -0.25) is 0 Å². The summed E-state index contributed by atoms with van der Waals surface area (Å²) in [6.07, 6.45) is -15.5. The van der Waals surface area contributed by atoms with Crippen molar-refractivity contribution in [1.82, 2.24) is 19.6 Å². The molecular weight excluding hydrogens is 559 g/mol. The van der Waals surface area contributed by atoms with Crippen LogP contribution in [0.5, 0.6) is 5.75 Å². The first-order valence-corrected chi connectivity index (χ1v) is 11.9. The summed E-state index contributed by atoms with van der Waals surface area (Å²) >= 11 is 0. The minimum absolute atomic E-state index is 0.0538. The minimum atomic E-state index is -5.10. The van der Waals surface area contributed by atoms with Crippen molar-refractivity contribution in [2.75, 3.05) is 13.7 Å². The Morgan fingerprint density at radius 2 is 1.73 bits per heavy atom. The van der Waals surface area contributed by atoms with Crippen molar-refractivity contribution in [3.8, 4) is 16.9 Å². The molecule has 0 fully saturated rings. The second-order valence-corrected chi connectivity index (χ2v) is 8.94. The molecule has 2 amide bonds. The zero-order chi connectivity index (χ0) is 30.0. The summed E-state index contributed by atoms with van der Waals surface area (Å²) in [5, 5.41) is 1.67. The van der Waals surface area contributed by atoms with E-state index in [9.17, 15) is 44.3 Å². The Hall–Kier alpha value is -3.65. The predicted molar refractivity (Wildman–Crippen MR) is 127 cm³/mol. The molecule has 0 radical (unpaired) electrons. The molecule has 0 saturated carbocycles. The second kappa shape index (κ2) is 11.5. The van der Waals surface area contributed by atoms with Gasteiger partial charge >= 0.3 is 24.6 Å². The maximum Gasteiger partial charge on any atom is 0.434 e. The molecule has 220 valence electrons. The number of methoxy groups -OCH3 is 1. The van der Waals surface area contributed by atoms with Gasteiger partial charge in [0.15, 0.2) is 17.1 Å². The summed E-state index contributed by atoms with van der Waals surface area (Å²) in [6, 6.07) is 3.13. The first kappa shape index (κ1) is 30.9. The molecule has 3 aromatic rings. The lowest BCUT2D eigenvalue weighted by atomic mass is 10.00. The fourth-order valence-corrected chi connectivity index (χ4v) is 4.12. The molecule has 1 N–H and O–H groups in total. The van der Waals surface area contributed by atoms with E-state index < -0.39 is 55.2 Å². The highest BCUT2D eigenvalue weighted by Crippen LogP contribution is 2.34. The van der Waals surface area contributed by atoms with Crippen LogP contribution in [0, 0.1) is 0 Å². The fourth-order valence-electron chi connectivity index (χ4n) is 4.12. The van der Waals surface area contributed by atoms with Crippen molar-refractivity contribution < 1.29 is 49.0 Å². The number of urea groups is 1. The van der Waals surface area contributed by atoms with Gasteiger partial charge in [0.05, 0.1) is 13.2 Å². The molecule has 2 aromatic heterocycles. The van der Waals surface area contributed by atoms with Gasteiger partial charge in [-0.1, -0.05) is 18.2 Å². The fraction of sp³-hybridized carbons (Fsp3) is 0.440. The van der Waals surface area contributed by atoms with E-state index >= 15 is 0 Å². The summed E-state index contributed by atoms with van der Waals surface area (Å²) in [4.78, 5) is 17.4. The number of imidazole rings is 1. The molecule has 0 aliphatic heterocycles. The van der Waals surface area contributed by atoms with E-state index in [1.807, 2.05) is 0 Å². The highest BCUT2D eigenvalue weighted by atomic mass is 19.4. The van der Waals surface area contributed by atoms with E-state index in [4.69, 9.17) is 4.74 Å². The molecule has 0 bridgehead atoms. The van der Waals surface area contributed by atoms with Crippen molar-refractivity contribution in [1.29, 1.82) is 0 Å². The van der Waals surface area contributed by atoms with Crippen molar-refractivity contribution >= 4 is 11.7 Å². The van der Waals surface area contributed by atoms with E-state index in [1.54, 1.807) is 29.6 Å². The third-order valence-electron chi connectivity index (χ3n) is 6.21. The van der Waals surface area contributed by atoms with Crippen LogP contribution in [0.15, 0.2) is 42.7 Å². The number of carbonyl (C=O) groups is 1. The molecule has 2 heterocycles. The van der Waals surface area contributed by atoms with Crippen molar-refractivity contribution in [3.05, 3.63) is 54.0 Å². The monoisotopic (exact) mass is 584 g/mol. The lowest BCUT2D eigenvalue weighted by Gasteiger charge is -2.31. The van der Waals surface area contributed by atoms with Crippen LogP contribution in [0.1, 0.15) is 44.0 Å². The SMILES string of the molecule is CCN(C(=O)NC(CCC(F)(F)F)C(F)(F)F)C(C)c1cccc(-c2cc(OC)c3nc(C(F)(F)F)cn3c2)c1. The molecule has 40 heavy (non-hydrogen) atoms. The van der Waals surface area contributed by atoms with Gasteiger partial charge in [0.2, 0.25) is 0 Å². The standard InChI is InChI=1S/C25H25F9N4O2/c1-4-38(22(39)36-19(24(29,30)31)8-9-23(26,27)28)14(2)15-6-5-7-16(10-15)17-11-18(40-3)21-35-20(25(32,33)34)13-37(21)12-17/h5-7,10-14,19H,4,8-9H2,1-3H3,(H,36,39). The van der Waals surface area contributed by atoms with Crippen LogP contribution in [0.25, 0.3) is 16.8 Å². The van der Waals surface area contributed by atoms with Crippen molar-refractivity contribution in [2.45, 2.75) is 57.3 Å². The number of halogens is 9.